The van der Waals surface area contributed by atoms with Gasteiger partial charge in [0.1, 0.15) is 0 Å². The fraction of sp³-hybridized carbons (Fsp3) is 0.923. The molecule has 1 spiro atoms. The van der Waals surface area contributed by atoms with Crippen LogP contribution in [0.25, 0.3) is 0 Å². The molecule has 0 bridgehead atoms. The van der Waals surface area contributed by atoms with E-state index in [1.807, 2.05) is 11.8 Å². The van der Waals surface area contributed by atoms with Gasteiger partial charge in [0, 0.05) is 6.04 Å². The Kier molecular flexibility index (Phi) is 4.36. The molecule has 0 aromatic heterocycles. The van der Waals surface area contributed by atoms with Gasteiger partial charge in [-0.2, -0.15) is 11.8 Å². The van der Waals surface area contributed by atoms with Gasteiger partial charge in [0.25, 0.3) is 0 Å². The van der Waals surface area contributed by atoms with Crippen LogP contribution in [0.4, 0.5) is 0 Å². The minimum atomic E-state index is -0.174. The van der Waals surface area contributed by atoms with Crippen LogP contribution in [0.15, 0.2) is 0 Å². The molecule has 2 fully saturated rings. The number of carbonyl (C=O) groups excluding carboxylic acids is 1. The molecule has 1 unspecified atom stereocenters. The SMILES string of the molecule is CCSCCC(C)N1CNC2(CCCC2)C1=O. The first-order valence-corrected chi connectivity index (χ1v) is 7.99. The number of carbonyl (C=O) groups is 1. The van der Waals surface area contributed by atoms with Crippen LogP contribution in [0.2, 0.25) is 0 Å². The molecule has 1 saturated heterocycles. The van der Waals surface area contributed by atoms with E-state index in [1.54, 1.807) is 0 Å². The highest BCUT2D eigenvalue weighted by atomic mass is 32.2. The third-order valence-corrected chi connectivity index (χ3v) is 5.06. The van der Waals surface area contributed by atoms with E-state index in [2.05, 4.69) is 24.1 Å². The molecule has 98 valence electrons. The Morgan fingerprint density at radius 3 is 2.82 bits per heavy atom. The Morgan fingerprint density at radius 2 is 2.18 bits per heavy atom. The molecule has 1 aliphatic carbocycles. The van der Waals surface area contributed by atoms with Crippen LogP contribution in [-0.2, 0) is 4.79 Å². The van der Waals surface area contributed by atoms with Crippen molar-refractivity contribution in [1.29, 1.82) is 0 Å². The second-order valence-electron chi connectivity index (χ2n) is 5.23. The molecule has 1 heterocycles. The number of hydrogen-bond donors (Lipinski definition) is 1. The molecule has 0 aromatic carbocycles. The molecule has 17 heavy (non-hydrogen) atoms. The van der Waals surface area contributed by atoms with Crippen molar-refractivity contribution in [3.8, 4) is 0 Å². The van der Waals surface area contributed by atoms with Gasteiger partial charge in [-0.05, 0) is 37.7 Å². The fourth-order valence-electron chi connectivity index (χ4n) is 2.94. The van der Waals surface area contributed by atoms with Gasteiger partial charge in [-0.3, -0.25) is 10.1 Å². The Morgan fingerprint density at radius 1 is 1.47 bits per heavy atom. The summed E-state index contributed by atoms with van der Waals surface area (Å²) in [6.45, 7) is 5.13. The summed E-state index contributed by atoms with van der Waals surface area (Å²) in [6.07, 6.45) is 5.60. The van der Waals surface area contributed by atoms with Crippen molar-refractivity contribution in [2.75, 3.05) is 18.2 Å². The van der Waals surface area contributed by atoms with Gasteiger partial charge in [0.05, 0.1) is 12.2 Å². The normalized spacial score (nSPS) is 24.8. The standard InChI is InChI=1S/C13H24N2OS/c1-3-17-9-6-11(2)15-10-14-13(12(15)16)7-4-5-8-13/h11,14H,3-10H2,1-2H3. The Hall–Kier alpha value is -0.220. The summed E-state index contributed by atoms with van der Waals surface area (Å²) in [6, 6.07) is 0.383. The van der Waals surface area contributed by atoms with Crippen LogP contribution in [0.1, 0.15) is 46.0 Å². The first kappa shape index (κ1) is 13.2. The highest BCUT2D eigenvalue weighted by molar-refractivity contribution is 7.99. The lowest BCUT2D eigenvalue weighted by atomic mass is 9.97. The summed E-state index contributed by atoms with van der Waals surface area (Å²) in [5, 5.41) is 3.47. The van der Waals surface area contributed by atoms with Gasteiger partial charge < -0.3 is 4.90 Å². The number of rotatable bonds is 5. The average Bonchev–Trinajstić information content (AvgIpc) is 2.90. The number of thioether (sulfide) groups is 1. The molecule has 3 nitrogen and oxygen atoms in total. The minimum Gasteiger partial charge on any atom is -0.326 e. The highest BCUT2D eigenvalue weighted by Crippen LogP contribution is 2.35. The molecule has 0 radical (unpaired) electrons. The molecule has 2 aliphatic rings. The zero-order chi connectivity index (χ0) is 12.3. The van der Waals surface area contributed by atoms with Crippen LogP contribution < -0.4 is 5.32 Å². The van der Waals surface area contributed by atoms with Crippen molar-refractivity contribution in [3.63, 3.8) is 0 Å². The lowest BCUT2D eigenvalue weighted by Gasteiger charge is -2.26. The van der Waals surface area contributed by atoms with Gasteiger partial charge in [-0.25, -0.2) is 0 Å². The van der Waals surface area contributed by atoms with E-state index in [9.17, 15) is 4.79 Å². The maximum Gasteiger partial charge on any atom is 0.244 e. The van der Waals surface area contributed by atoms with Crippen molar-refractivity contribution in [3.05, 3.63) is 0 Å². The molecule has 1 amide bonds. The van der Waals surface area contributed by atoms with Crippen LogP contribution in [0.3, 0.4) is 0 Å². The summed E-state index contributed by atoms with van der Waals surface area (Å²) in [7, 11) is 0. The number of amides is 1. The molecule has 0 aromatic rings. The second kappa shape index (κ2) is 5.61. The molecule has 1 atom stereocenters. The van der Waals surface area contributed by atoms with Gasteiger partial charge in [-0.1, -0.05) is 19.8 Å². The van der Waals surface area contributed by atoms with Crippen molar-refractivity contribution < 1.29 is 4.79 Å². The molecule has 2 rings (SSSR count). The van der Waals surface area contributed by atoms with E-state index >= 15 is 0 Å². The predicted octanol–water partition coefficient (Wildman–Crippen LogP) is 2.22. The smallest absolute Gasteiger partial charge is 0.244 e. The number of hydrogen-bond acceptors (Lipinski definition) is 3. The zero-order valence-electron chi connectivity index (χ0n) is 11.0. The Balaban J connectivity index is 1.88. The van der Waals surface area contributed by atoms with Crippen LogP contribution >= 0.6 is 11.8 Å². The molecule has 4 heteroatoms. The summed E-state index contributed by atoms with van der Waals surface area (Å²) in [5.74, 6) is 2.70. The van der Waals surface area contributed by atoms with E-state index < -0.39 is 0 Å². The molecular weight excluding hydrogens is 232 g/mol. The molecule has 1 aliphatic heterocycles. The fourth-order valence-corrected chi connectivity index (χ4v) is 3.73. The molecule has 1 saturated carbocycles. The first-order valence-electron chi connectivity index (χ1n) is 6.83. The predicted molar refractivity (Wildman–Crippen MR) is 73.1 cm³/mol. The molecular formula is C13H24N2OS. The summed E-state index contributed by atoms with van der Waals surface area (Å²) >= 11 is 1.96. The van der Waals surface area contributed by atoms with Gasteiger partial charge >= 0.3 is 0 Å². The Labute approximate surface area is 109 Å². The van der Waals surface area contributed by atoms with E-state index in [4.69, 9.17) is 0 Å². The molecule has 1 N–H and O–H groups in total. The zero-order valence-corrected chi connectivity index (χ0v) is 11.8. The van der Waals surface area contributed by atoms with E-state index in [1.165, 1.54) is 18.6 Å². The lowest BCUT2D eigenvalue weighted by molar-refractivity contribution is -0.133. The monoisotopic (exact) mass is 256 g/mol. The topological polar surface area (TPSA) is 32.3 Å². The summed E-state index contributed by atoms with van der Waals surface area (Å²) in [4.78, 5) is 14.5. The van der Waals surface area contributed by atoms with Crippen molar-refractivity contribution >= 4 is 17.7 Å². The number of nitrogens with zero attached hydrogens (tertiary/aromatic N) is 1. The minimum absolute atomic E-state index is 0.174. The second-order valence-corrected chi connectivity index (χ2v) is 6.63. The first-order chi connectivity index (χ1) is 8.19. The van der Waals surface area contributed by atoms with Gasteiger partial charge in [0.15, 0.2) is 0 Å². The largest absolute Gasteiger partial charge is 0.326 e. The van der Waals surface area contributed by atoms with Crippen LogP contribution in [0.5, 0.6) is 0 Å². The van der Waals surface area contributed by atoms with Crippen molar-refractivity contribution in [1.82, 2.24) is 10.2 Å². The van der Waals surface area contributed by atoms with Crippen LogP contribution in [-0.4, -0.2) is 40.6 Å². The van der Waals surface area contributed by atoms with E-state index in [0.717, 1.165) is 31.7 Å². The van der Waals surface area contributed by atoms with Gasteiger partial charge in [-0.15, -0.1) is 0 Å². The van der Waals surface area contributed by atoms with E-state index in [0.29, 0.717) is 11.9 Å². The number of nitrogens with one attached hydrogen (secondary N) is 1. The van der Waals surface area contributed by atoms with Crippen molar-refractivity contribution in [2.24, 2.45) is 0 Å². The third kappa shape index (κ3) is 2.63. The van der Waals surface area contributed by atoms with E-state index in [-0.39, 0.29) is 5.54 Å². The lowest BCUT2D eigenvalue weighted by Crippen LogP contribution is -2.45. The summed E-state index contributed by atoms with van der Waals surface area (Å²) < 4.78 is 0. The quantitative estimate of drug-likeness (QED) is 0.766. The average molecular weight is 256 g/mol. The Bertz CT molecular complexity index is 277. The van der Waals surface area contributed by atoms with Crippen LogP contribution in [0, 0.1) is 0 Å². The maximum absolute atomic E-state index is 12.5. The maximum atomic E-state index is 12.5. The third-order valence-electron chi connectivity index (χ3n) is 4.13. The van der Waals surface area contributed by atoms with Crippen molar-refractivity contribution in [2.45, 2.75) is 57.5 Å². The highest BCUT2D eigenvalue weighted by Gasteiger charge is 2.48. The summed E-state index contributed by atoms with van der Waals surface area (Å²) in [5.41, 5.74) is -0.174. The van der Waals surface area contributed by atoms with Gasteiger partial charge in [0.2, 0.25) is 5.91 Å².